The van der Waals surface area contributed by atoms with E-state index in [-0.39, 0.29) is 0 Å². The fraction of sp³-hybridized carbons (Fsp3) is 0. The van der Waals surface area contributed by atoms with E-state index < -0.39 is 0 Å². The summed E-state index contributed by atoms with van der Waals surface area (Å²) in [5.41, 5.74) is 3.26. The Kier molecular flexibility index (Phi) is 2.34. The van der Waals surface area contributed by atoms with E-state index in [0.717, 1.165) is 22.4 Å². The van der Waals surface area contributed by atoms with Crippen LogP contribution in [0.1, 0.15) is 0 Å². The summed E-state index contributed by atoms with van der Waals surface area (Å²) in [5.74, 6) is 0. The normalized spacial score (nSPS) is 11.3. The Labute approximate surface area is 97.2 Å². The molecule has 1 N–H and O–H groups in total. The van der Waals surface area contributed by atoms with Gasteiger partial charge in [0.05, 0.1) is 16.9 Å². The number of hydrogen-bond donors (Lipinski definition) is 1. The number of nitrogens with one attached hydrogen (secondary N) is 1. The minimum atomic E-state index is 0.759. The van der Waals surface area contributed by atoms with Gasteiger partial charge in [0, 0.05) is 0 Å². The largest absolute Gasteiger partial charge is 0.258 e. The Hall–Kier alpha value is -2.56. The summed E-state index contributed by atoms with van der Waals surface area (Å²) < 4.78 is 0. The van der Waals surface area contributed by atoms with Crippen LogP contribution in [0.4, 0.5) is 11.4 Å². The zero-order chi connectivity index (χ0) is 11.5. The zero-order valence-corrected chi connectivity index (χ0v) is 8.91. The molecule has 3 aromatic rings. The maximum atomic E-state index is 4.15. The fourth-order valence-electron chi connectivity index (χ4n) is 1.50. The second-order valence-electron chi connectivity index (χ2n) is 3.55. The third-order valence-corrected chi connectivity index (χ3v) is 2.35. The van der Waals surface area contributed by atoms with E-state index in [4.69, 9.17) is 0 Å². The lowest BCUT2D eigenvalue weighted by Gasteiger charge is -1.92. The van der Waals surface area contributed by atoms with Crippen molar-refractivity contribution in [2.24, 2.45) is 10.2 Å². The number of fused-ring (bicyclic) bond motifs is 1. The minimum Gasteiger partial charge on any atom is -0.258 e. The van der Waals surface area contributed by atoms with Crippen LogP contribution in [0.5, 0.6) is 0 Å². The predicted octanol–water partition coefficient (Wildman–Crippen LogP) is 3.37. The average Bonchev–Trinajstić information content (AvgIpc) is 2.85. The Morgan fingerprint density at radius 1 is 0.882 bits per heavy atom. The number of benzene rings is 2. The topological polar surface area (TPSA) is 66.3 Å². The first kappa shape index (κ1) is 9.65. The van der Waals surface area contributed by atoms with Gasteiger partial charge in [-0.05, 0) is 30.3 Å². The van der Waals surface area contributed by atoms with Crippen LogP contribution in [0, 0.1) is 0 Å². The molecule has 0 atom stereocenters. The average molecular weight is 223 g/mol. The monoisotopic (exact) mass is 223 g/mol. The number of nitrogens with zero attached hydrogens (tertiary/aromatic N) is 4. The SMILES string of the molecule is c1ccc(/N=N/c2ccc3[nH]nnc3c2)cc1. The molecule has 0 aliphatic heterocycles. The van der Waals surface area contributed by atoms with Gasteiger partial charge in [-0.2, -0.15) is 10.2 Å². The lowest BCUT2D eigenvalue weighted by atomic mass is 10.3. The fourth-order valence-corrected chi connectivity index (χ4v) is 1.50. The molecule has 0 aliphatic rings. The molecule has 0 unspecified atom stereocenters. The maximum absolute atomic E-state index is 4.15. The molecular formula is C12H9N5. The quantitative estimate of drug-likeness (QED) is 0.677. The van der Waals surface area contributed by atoms with E-state index in [0.29, 0.717) is 0 Å². The van der Waals surface area contributed by atoms with Crippen LogP contribution in [-0.4, -0.2) is 15.4 Å². The highest BCUT2D eigenvalue weighted by atomic mass is 15.3. The van der Waals surface area contributed by atoms with Gasteiger partial charge in [-0.1, -0.05) is 23.4 Å². The molecule has 0 bridgehead atoms. The summed E-state index contributed by atoms with van der Waals surface area (Å²) in [7, 11) is 0. The summed E-state index contributed by atoms with van der Waals surface area (Å²) in [4.78, 5) is 0. The molecule has 0 fully saturated rings. The maximum Gasteiger partial charge on any atom is 0.115 e. The molecule has 2 aromatic carbocycles. The minimum absolute atomic E-state index is 0.759. The Morgan fingerprint density at radius 3 is 2.59 bits per heavy atom. The molecule has 82 valence electrons. The van der Waals surface area contributed by atoms with Crippen molar-refractivity contribution >= 4 is 22.4 Å². The highest BCUT2D eigenvalue weighted by Gasteiger charge is 1.98. The molecule has 0 saturated carbocycles. The van der Waals surface area contributed by atoms with Gasteiger partial charge in [0.2, 0.25) is 0 Å². The molecule has 0 saturated heterocycles. The van der Waals surface area contributed by atoms with Crippen LogP contribution in [0.15, 0.2) is 58.8 Å². The molecule has 0 spiro atoms. The molecule has 5 heteroatoms. The van der Waals surface area contributed by atoms with E-state index >= 15 is 0 Å². The first-order chi connectivity index (χ1) is 8.42. The summed E-state index contributed by atoms with van der Waals surface area (Å²) >= 11 is 0. The molecule has 0 radical (unpaired) electrons. The van der Waals surface area contributed by atoms with Gasteiger partial charge in [-0.3, -0.25) is 5.10 Å². The molecule has 5 nitrogen and oxygen atoms in total. The Balaban J connectivity index is 1.92. The summed E-state index contributed by atoms with van der Waals surface area (Å²) in [6.07, 6.45) is 0. The van der Waals surface area contributed by atoms with E-state index in [9.17, 15) is 0 Å². The number of hydrogen-bond acceptors (Lipinski definition) is 4. The predicted molar refractivity (Wildman–Crippen MR) is 64.5 cm³/mol. The van der Waals surface area contributed by atoms with Crippen molar-refractivity contribution in [3.63, 3.8) is 0 Å². The number of azo groups is 1. The van der Waals surface area contributed by atoms with Crippen LogP contribution in [0.3, 0.4) is 0 Å². The number of aromatic amines is 1. The first-order valence-electron chi connectivity index (χ1n) is 5.19. The van der Waals surface area contributed by atoms with Crippen LogP contribution in [0.2, 0.25) is 0 Å². The smallest absolute Gasteiger partial charge is 0.115 e. The van der Waals surface area contributed by atoms with Crippen molar-refractivity contribution in [3.8, 4) is 0 Å². The van der Waals surface area contributed by atoms with Crippen molar-refractivity contribution in [1.29, 1.82) is 0 Å². The second-order valence-corrected chi connectivity index (χ2v) is 3.55. The van der Waals surface area contributed by atoms with E-state index in [2.05, 4.69) is 25.6 Å². The third-order valence-electron chi connectivity index (χ3n) is 2.35. The van der Waals surface area contributed by atoms with Gasteiger partial charge >= 0.3 is 0 Å². The van der Waals surface area contributed by atoms with Crippen molar-refractivity contribution < 1.29 is 0 Å². The molecule has 1 heterocycles. The Bertz CT molecular complexity index is 657. The van der Waals surface area contributed by atoms with Crippen LogP contribution < -0.4 is 0 Å². The van der Waals surface area contributed by atoms with Crippen LogP contribution in [-0.2, 0) is 0 Å². The molecule has 0 amide bonds. The van der Waals surface area contributed by atoms with Gasteiger partial charge < -0.3 is 0 Å². The zero-order valence-electron chi connectivity index (χ0n) is 8.91. The Morgan fingerprint density at radius 2 is 1.71 bits per heavy atom. The molecule has 17 heavy (non-hydrogen) atoms. The van der Waals surface area contributed by atoms with Gasteiger partial charge in [-0.25, -0.2) is 0 Å². The van der Waals surface area contributed by atoms with Gasteiger partial charge in [0.25, 0.3) is 0 Å². The highest BCUT2D eigenvalue weighted by molar-refractivity contribution is 5.76. The number of rotatable bonds is 2. The summed E-state index contributed by atoms with van der Waals surface area (Å²) in [6, 6.07) is 15.2. The summed E-state index contributed by atoms with van der Waals surface area (Å²) in [6.45, 7) is 0. The standard InChI is InChI=1S/C12H9N5/c1-2-4-9(5-3-1)13-14-10-6-7-11-12(8-10)16-17-15-11/h1-8H,(H,15,16,17)/b14-13+. The van der Waals surface area contributed by atoms with E-state index in [1.807, 2.05) is 48.5 Å². The lowest BCUT2D eigenvalue weighted by molar-refractivity contribution is 0.959. The second kappa shape index (κ2) is 4.13. The van der Waals surface area contributed by atoms with Crippen LogP contribution >= 0.6 is 0 Å². The third kappa shape index (κ3) is 2.03. The number of H-pyrrole nitrogens is 1. The number of aromatic nitrogens is 3. The van der Waals surface area contributed by atoms with Gasteiger partial charge in [0.1, 0.15) is 5.52 Å². The molecule has 0 aliphatic carbocycles. The van der Waals surface area contributed by atoms with Crippen molar-refractivity contribution in [2.75, 3.05) is 0 Å². The van der Waals surface area contributed by atoms with Crippen LogP contribution in [0.25, 0.3) is 11.0 Å². The molecular weight excluding hydrogens is 214 g/mol. The van der Waals surface area contributed by atoms with Gasteiger partial charge in [0.15, 0.2) is 0 Å². The van der Waals surface area contributed by atoms with E-state index in [1.165, 1.54) is 0 Å². The van der Waals surface area contributed by atoms with Crippen molar-refractivity contribution in [2.45, 2.75) is 0 Å². The molecule has 3 rings (SSSR count). The highest BCUT2D eigenvalue weighted by Crippen LogP contribution is 2.20. The first-order valence-corrected chi connectivity index (χ1v) is 5.19. The molecule has 1 aromatic heterocycles. The summed E-state index contributed by atoms with van der Waals surface area (Å²) in [5, 5.41) is 18.7. The van der Waals surface area contributed by atoms with Gasteiger partial charge in [-0.15, -0.1) is 5.10 Å². The lowest BCUT2D eigenvalue weighted by Crippen LogP contribution is -1.68. The van der Waals surface area contributed by atoms with Crippen molar-refractivity contribution in [1.82, 2.24) is 15.4 Å². The van der Waals surface area contributed by atoms with E-state index in [1.54, 1.807) is 0 Å². The van der Waals surface area contributed by atoms with Crippen molar-refractivity contribution in [3.05, 3.63) is 48.5 Å².